The van der Waals surface area contributed by atoms with Crippen molar-refractivity contribution in [1.29, 1.82) is 0 Å². The number of hydrogen-bond donors (Lipinski definition) is 2. The average Bonchev–Trinajstić information content (AvgIpc) is 2.73. The van der Waals surface area contributed by atoms with Gasteiger partial charge in [-0.25, -0.2) is 4.79 Å². The summed E-state index contributed by atoms with van der Waals surface area (Å²) in [6.07, 6.45) is 7.20. The van der Waals surface area contributed by atoms with Gasteiger partial charge in [-0.2, -0.15) is 0 Å². The molecule has 2 amide bonds. The number of nitrogens with zero attached hydrogens (tertiary/aromatic N) is 1. The first kappa shape index (κ1) is 12.7. The highest BCUT2D eigenvalue weighted by Crippen LogP contribution is 2.26. The molecule has 4 heteroatoms. The van der Waals surface area contributed by atoms with Crippen LogP contribution in [0.15, 0.2) is 0 Å². The number of nitrogens with one attached hydrogen (secondary N) is 2. The number of piperidine rings is 1. The Labute approximate surface area is 104 Å². The fourth-order valence-electron chi connectivity index (χ4n) is 3.01. The van der Waals surface area contributed by atoms with Gasteiger partial charge in [0.15, 0.2) is 0 Å². The number of carbonyl (C=O) groups is 1. The summed E-state index contributed by atoms with van der Waals surface area (Å²) < 4.78 is 0. The summed E-state index contributed by atoms with van der Waals surface area (Å²) in [5, 5.41) is 6.08. The van der Waals surface area contributed by atoms with Gasteiger partial charge in [-0.05, 0) is 32.2 Å². The molecule has 2 saturated heterocycles. The Bertz CT molecular complexity index is 257. The standard InChI is InChI=1S/C13H25N3O/c1-2-3-8-14-13(17)15-11-7-10-16-9-5-4-6-12(11)16/h11-12H,2-10H2,1H3,(H2,14,15,17). The third-order valence-corrected chi connectivity index (χ3v) is 3.99. The predicted octanol–water partition coefficient (Wildman–Crippen LogP) is 1.71. The molecular formula is C13H25N3O. The maximum Gasteiger partial charge on any atom is 0.315 e. The summed E-state index contributed by atoms with van der Waals surface area (Å²) in [7, 11) is 0. The quantitative estimate of drug-likeness (QED) is 0.734. The lowest BCUT2D eigenvalue weighted by atomic mass is 9.99. The lowest BCUT2D eigenvalue weighted by Gasteiger charge is -2.32. The maximum atomic E-state index is 11.7. The molecule has 4 nitrogen and oxygen atoms in total. The topological polar surface area (TPSA) is 44.4 Å². The van der Waals surface area contributed by atoms with Crippen molar-refractivity contribution in [3.63, 3.8) is 0 Å². The van der Waals surface area contributed by atoms with Gasteiger partial charge >= 0.3 is 6.03 Å². The minimum Gasteiger partial charge on any atom is -0.338 e. The number of unbranched alkanes of at least 4 members (excludes halogenated alkanes) is 1. The number of urea groups is 1. The van der Waals surface area contributed by atoms with E-state index in [2.05, 4.69) is 22.5 Å². The maximum absolute atomic E-state index is 11.7. The highest BCUT2D eigenvalue weighted by molar-refractivity contribution is 5.74. The molecule has 98 valence electrons. The molecule has 2 aliphatic rings. The van der Waals surface area contributed by atoms with Gasteiger partial charge in [-0.15, -0.1) is 0 Å². The monoisotopic (exact) mass is 239 g/mol. The summed E-state index contributed by atoms with van der Waals surface area (Å²) in [6, 6.07) is 0.994. The Balaban J connectivity index is 1.73. The van der Waals surface area contributed by atoms with Crippen molar-refractivity contribution in [3.8, 4) is 0 Å². The zero-order chi connectivity index (χ0) is 12.1. The molecule has 2 rings (SSSR count). The molecule has 2 atom stereocenters. The van der Waals surface area contributed by atoms with Crippen molar-refractivity contribution in [1.82, 2.24) is 15.5 Å². The van der Waals surface area contributed by atoms with Gasteiger partial charge in [0.1, 0.15) is 0 Å². The van der Waals surface area contributed by atoms with Crippen LogP contribution in [0.1, 0.15) is 45.4 Å². The molecule has 0 aromatic rings. The van der Waals surface area contributed by atoms with E-state index >= 15 is 0 Å². The lowest BCUT2D eigenvalue weighted by Crippen LogP contribution is -2.49. The van der Waals surface area contributed by atoms with Gasteiger partial charge in [0, 0.05) is 25.2 Å². The van der Waals surface area contributed by atoms with Crippen LogP contribution >= 0.6 is 0 Å². The molecule has 0 radical (unpaired) electrons. The van der Waals surface area contributed by atoms with Gasteiger partial charge < -0.3 is 10.6 Å². The van der Waals surface area contributed by atoms with Crippen molar-refractivity contribution in [3.05, 3.63) is 0 Å². The van der Waals surface area contributed by atoms with E-state index in [0.29, 0.717) is 12.1 Å². The van der Waals surface area contributed by atoms with E-state index < -0.39 is 0 Å². The highest BCUT2D eigenvalue weighted by Gasteiger charge is 2.36. The van der Waals surface area contributed by atoms with Crippen molar-refractivity contribution >= 4 is 6.03 Å². The zero-order valence-electron chi connectivity index (χ0n) is 10.9. The molecule has 2 heterocycles. The SMILES string of the molecule is CCCCNC(=O)NC1CCN2CCCCC12. The van der Waals surface area contributed by atoms with Crippen LogP contribution in [0.25, 0.3) is 0 Å². The number of hydrogen-bond acceptors (Lipinski definition) is 2. The fraction of sp³-hybridized carbons (Fsp3) is 0.923. The second kappa shape index (κ2) is 6.24. The second-order valence-corrected chi connectivity index (χ2v) is 5.25. The van der Waals surface area contributed by atoms with Crippen LogP contribution in [-0.2, 0) is 0 Å². The van der Waals surface area contributed by atoms with Gasteiger partial charge in [0.05, 0.1) is 0 Å². The van der Waals surface area contributed by atoms with E-state index in [1.54, 1.807) is 0 Å². The first-order chi connectivity index (χ1) is 8.31. The molecule has 2 aliphatic heterocycles. The van der Waals surface area contributed by atoms with Gasteiger partial charge in [0.25, 0.3) is 0 Å². The van der Waals surface area contributed by atoms with Crippen LogP contribution in [0.2, 0.25) is 0 Å². The third kappa shape index (κ3) is 3.35. The Morgan fingerprint density at radius 2 is 2.18 bits per heavy atom. The fourth-order valence-corrected chi connectivity index (χ4v) is 3.01. The first-order valence-corrected chi connectivity index (χ1v) is 7.09. The van der Waals surface area contributed by atoms with Crippen LogP contribution < -0.4 is 10.6 Å². The molecule has 0 bridgehead atoms. The first-order valence-electron chi connectivity index (χ1n) is 7.09. The van der Waals surface area contributed by atoms with E-state index in [0.717, 1.165) is 32.4 Å². The van der Waals surface area contributed by atoms with Gasteiger partial charge in [0.2, 0.25) is 0 Å². The molecule has 0 saturated carbocycles. The number of amides is 2. The summed E-state index contributed by atoms with van der Waals surface area (Å²) in [6.45, 7) is 5.31. The zero-order valence-corrected chi connectivity index (χ0v) is 10.9. The summed E-state index contributed by atoms with van der Waals surface area (Å²) in [5.74, 6) is 0. The molecule has 2 fully saturated rings. The molecule has 0 spiro atoms. The Kier molecular flexibility index (Phi) is 4.66. The van der Waals surface area contributed by atoms with Crippen LogP contribution in [-0.4, -0.2) is 42.6 Å². The summed E-state index contributed by atoms with van der Waals surface area (Å²) in [4.78, 5) is 14.2. The van der Waals surface area contributed by atoms with Crippen LogP contribution in [0.3, 0.4) is 0 Å². The third-order valence-electron chi connectivity index (χ3n) is 3.99. The van der Waals surface area contributed by atoms with E-state index in [9.17, 15) is 4.79 Å². The minimum absolute atomic E-state index is 0.0240. The Morgan fingerprint density at radius 1 is 1.29 bits per heavy atom. The van der Waals surface area contributed by atoms with Crippen LogP contribution in [0, 0.1) is 0 Å². The normalized spacial score (nSPS) is 28.8. The Morgan fingerprint density at radius 3 is 3.00 bits per heavy atom. The predicted molar refractivity (Wildman–Crippen MR) is 69.1 cm³/mol. The molecule has 17 heavy (non-hydrogen) atoms. The largest absolute Gasteiger partial charge is 0.338 e. The van der Waals surface area contributed by atoms with Crippen molar-refractivity contribution < 1.29 is 4.79 Å². The van der Waals surface area contributed by atoms with Gasteiger partial charge in [-0.3, -0.25) is 4.90 Å². The number of carbonyl (C=O) groups excluding carboxylic acids is 1. The molecule has 0 aliphatic carbocycles. The Hall–Kier alpha value is -0.770. The second-order valence-electron chi connectivity index (χ2n) is 5.25. The van der Waals surface area contributed by atoms with Crippen molar-refractivity contribution in [2.45, 2.75) is 57.5 Å². The summed E-state index contributed by atoms with van der Waals surface area (Å²) in [5.41, 5.74) is 0. The molecule has 0 aromatic heterocycles. The minimum atomic E-state index is 0.0240. The van der Waals surface area contributed by atoms with E-state index in [-0.39, 0.29) is 6.03 Å². The molecule has 2 unspecified atom stereocenters. The van der Waals surface area contributed by atoms with E-state index in [4.69, 9.17) is 0 Å². The highest BCUT2D eigenvalue weighted by atomic mass is 16.2. The molecule has 0 aromatic carbocycles. The average molecular weight is 239 g/mol. The number of rotatable bonds is 4. The van der Waals surface area contributed by atoms with E-state index in [1.165, 1.54) is 25.8 Å². The molecular weight excluding hydrogens is 214 g/mol. The van der Waals surface area contributed by atoms with Crippen molar-refractivity contribution in [2.75, 3.05) is 19.6 Å². The smallest absolute Gasteiger partial charge is 0.315 e. The lowest BCUT2D eigenvalue weighted by molar-refractivity contribution is 0.179. The number of fused-ring (bicyclic) bond motifs is 1. The summed E-state index contributed by atoms with van der Waals surface area (Å²) >= 11 is 0. The van der Waals surface area contributed by atoms with Crippen molar-refractivity contribution in [2.24, 2.45) is 0 Å². The molecule has 2 N–H and O–H groups in total. The van der Waals surface area contributed by atoms with Crippen LogP contribution in [0.4, 0.5) is 4.79 Å². The van der Waals surface area contributed by atoms with E-state index in [1.807, 2.05) is 0 Å². The van der Waals surface area contributed by atoms with Crippen LogP contribution in [0.5, 0.6) is 0 Å². The van der Waals surface area contributed by atoms with Gasteiger partial charge in [-0.1, -0.05) is 19.8 Å².